The van der Waals surface area contributed by atoms with Crippen molar-refractivity contribution in [3.8, 4) is 11.5 Å². The lowest BCUT2D eigenvalue weighted by molar-refractivity contribution is 0.216. The second-order valence-electron chi connectivity index (χ2n) is 6.14. The summed E-state index contributed by atoms with van der Waals surface area (Å²) in [6.07, 6.45) is 3.83. The van der Waals surface area contributed by atoms with Crippen LogP contribution in [0.1, 0.15) is 24.6 Å². The standard InChI is InChI=1S/C18H24N2O5S/c1-23-17-8-7-14(12-18(17)24-2)26(21,22)19-13-15(16-6-5-11-25-16)20-9-3-4-10-20/h5-8,11-12,15,19H,3-4,9-10,13H2,1-2H3/t15-/m1/s1. The summed E-state index contributed by atoms with van der Waals surface area (Å²) in [5.41, 5.74) is 0. The fraction of sp³-hybridized carbons (Fsp3) is 0.444. The molecule has 0 amide bonds. The molecule has 0 bridgehead atoms. The first-order valence-corrected chi connectivity index (χ1v) is 10.0. The van der Waals surface area contributed by atoms with Crippen LogP contribution in [0, 0.1) is 0 Å². The van der Waals surface area contributed by atoms with Crippen molar-refractivity contribution in [2.45, 2.75) is 23.8 Å². The van der Waals surface area contributed by atoms with Crippen molar-refractivity contribution in [1.29, 1.82) is 0 Å². The number of methoxy groups -OCH3 is 2. The normalized spacial score (nSPS) is 16.5. The van der Waals surface area contributed by atoms with Crippen molar-refractivity contribution < 1.29 is 22.3 Å². The minimum atomic E-state index is -3.69. The number of likely N-dealkylation sites (tertiary alicyclic amines) is 1. The molecule has 1 aliphatic heterocycles. The van der Waals surface area contributed by atoms with Crippen molar-refractivity contribution in [2.24, 2.45) is 0 Å². The molecule has 0 aliphatic carbocycles. The highest BCUT2D eigenvalue weighted by atomic mass is 32.2. The lowest BCUT2D eigenvalue weighted by Gasteiger charge is -2.26. The summed E-state index contributed by atoms with van der Waals surface area (Å²) in [6.45, 7) is 2.11. The Balaban J connectivity index is 1.77. The number of sulfonamides is 1. The predicted molar refractivity (Wildman–Crippen MR) is 97.0 cm³/mol. The van der Waals surface area contributed by atoms with E-state index in [1.807, 2.05) is 12.1 Å². The van der Waals surface area contributed by atoms with Gasteiger partial charge in [0.15, 0.2) is 11.5 Å². The summed E-state index contributed by atoms with van der Waals surface area (Å²) >= 11 is 0. The smallest absolute Gasteiger partial charge is 0.240 e. The van der Waals surface area contributed by atoms with E-state index >= 15 is 0 Å². The average Bonchev–Trinajstić information content (AvgIpc) is 3.35. The van der Waals surface area contributed by atoms with E-state index in [1.165, 1.54) is 26.4 Å². The molecule has 0 radical (unpaired) electrons. The number of furan rings is 1. The van der Waals surface area contributed by atoms with Crippen LogP contribution in [0.4, 0.5) is 0 Å². The van der Waals surface area contributed by atoms with E-state index in [0.29, 0.717) is 11.5 Å². The number of hydrogen-bond donors (Lipinski definition) is 1. The molecule has 7 nitrogen and oxygen atoms in total. The van der Waals surface area contributed by atoms with E-state index in [9.17, 15) is 8.42 Å². The van der Waals surface area contributed by atoms with Gasteiger partial charge in [0.25, 0.3) is 0 Å². The molecule has 0 saturated carbocycles. The van der Waals surface area contributed by atoms with Gasteiger partial charge >= 0.3 is 0 Å². The summed E-state index contributed by atoms with van der Waals surface area (Å²) in [6, 6.07) is 8.12. The topological polar surface area (TPSA) is 81.0 Å². The largest absolute Gasteiger partial charge is 0.493 e. The molecule has 2 heterocycles. The average molecular weight is 380 g/mol. The number of benzene rings is 1. The van der Waals surface area contributed by atoms with Crippen molar-refractivity contribution in [1.82, 2.24) is 9.62 Å². The van der Waals surface area contributed by atoms with Crippen LogP contribution in [0.25, 0.3) is 0 Å². The third kappa shape index (κ3) is 4.03. The third-order valence-corrected chi connectivity index (χ3v) is 6.01. The number of rotatable bonds is 8. The maximum Gasteiger partial charge on any atom is 0.240 e. The van der Waals surface area contributed by atoms with Crippen LogP contribution in [-0.4, -0.2) is 47.2 Å². The zero-order valence-corrected chi connectivity index (χ0v) is 15.8. The zero-order chi connectivity index (χ0) is 18.6. The molecule has 1 aliphatic rings. The lowest BCUT2D eigenvalue weighted by Crippen LogP contribution is -2.36. The summed E-state index contributed by atoms with van der Waals surface area (Å²) in [5, 5.41) is 0. The van der Waals surface area contributed by atoms with E-state index in [4.69, 9.17) is 13.9 Å². The van der Waals surface area contributed by atoms with Gasteiger partial charge in [0.05, 0.1) is 31.4 Å². The monoisotopic (exact) mass is 380 g/mol. The number of ether oxygens (including phenoxy) is 2. The zero-order valence-electron chi connectivity index (χ0n) is 15.0. The molecular weight excluding hydrogens is 356 g/mol. The first-order chi connectivity index (χ1) is 12.5. The van der Waals surface area contributed by atoms with Crippen molar-refractivity contribution in [3.05, 3.63) is 42.4 Å². The first kappa shape index (κ1) is 18.8. The van der Waals surface area contributed by atoms with E-state index in [2.05, 4.69) is 9.62 Å². The van der Waals surface area contributed by atoms with Crippen molar-refractivity contribution in [2.75, 3.05) is 33.9 Å². The van der Waals surface area contributed by atoms with Gasteiger partial charge in [-0.2, -0.15) is 0 Å². The third-order valence-electron chi connectivity index (χ3n) is 4.59. The Morgan fingerprint density at radius 2 is 1.88 bits per heavy atom. The molecule has 1 fully saturated rings. The maximum absolute atomic E-state index is 12.7. The first-order valence-electron chi connectivity index (χ1n) is 8.54. The van der Waals surface area contributed by atoms with E-state index in [1.54, 1.807) is 12.3 Å². The van der Waals surface area contributed by atoms with Gasteiger partial charge in [0.1, 0.15) is 5.76 Å². The van der Waals surface area contributed by atoms with Gasteiger partial charge in [0.2, 0.25) is 10.0 Å². The van der Waals surface area contributed by atoms with E-state index < -0.39 is 10.0 Å². The molecule has 1 N–H and O–H groups in total. The Labute approximate surface area is 153 Å². The SMILES string of the molecule is COc1ccc(S(=O)(=O)NC[C@H](c2ccco2)N2CCCC2)cc1OC. The minimum absolute atomic E-state index is 0.123. The Morgan fingerprint density at radius 3 is 2.50 bits per heavy atom. The molecule has 142 valence electrons. The summed E-state index contributed by atoms with van der Waals surface area (Å²) in [7, 11) is -0.705. The van der Waals surface area contributed by atoms with Gasteiger partial charge in [-0.15, -0.1) is 0 Å². The van der Waals surface area contributed by atoms with Crippen molar-refractivity contribution >= 4 is 10.0 Å². The molecule has 8 heteroatoms. The Bertz CT molecular complexity index is 814. The summed E-state index contributed by atoms with van der Waals surface area (Å²) < 4.78 is 44.1. The van der Waals surface area contributed by atoms with Gasteiger partial charge in [-0.3, -0.25) is 4.90 Å². The molecule has 3 rings (SSSR count). The number of hydrogen-bond acceptors (Lipinski definition) is 6. The Morgan fingerprint density at radius 1 is 1.15 bits per heavy atom. The van der Waals surface area contributed by atoms with Gasteiger partial charge in [-0.05, 0) is 50.2 Å². The van der Waals surface area contributed by atoms with Crippen LogP contribution in [-0.2, 0) is 10.0 Å². The van der Waals surface area contributed by atoms with Gasteiger partial charge < -0.3 is 13.9 Å². The molecule has 1 saturated heterocycles. The van der Waals surface area contributed by atoms with E-state index in [0.717, 1.165) is 31.7 Å². The van der Waals surface area contributed by atoms with Gasteiger partial charge in [-0.25, -0.2) is 13.1 Å². The summed E-state index contributed by atoms with van der Waals surface area (Å²) in [5.74, 6) is 1.62. The predicted octanol–water partition coefficient (Wildman–Crippen LogP) is 2.41. The second kappa shape index (κ2) is 8.11. The van der Waals surface area contributed by atoms with E-state index in [-0.39, 0.29) is 17.5 Å². The lowest BCUT2D eigenvalue weighted by atomic mass is 10.2. The fourth-order valence-corrected chi connectivity index (χ4v) is 4.25. The van der Waals surface area contributed by atoms with Crippen LogP contribution in [0.5, 0.6) is 11.5 Å². The Kier molecular flexibility index (Phi) is 5.85. The molecule has 1 aromatic carbocycles. The maximum atomic E-state index is 12.7. The molecule has 0 unspecified atom stereocenters. The molecule has 0 spiro atoms. The van der Waals surface area contributed by atoms with Crippen LogP contribution < -0.4 is 14.2 Å². The molecule has 26 heavy (non-hydrogen) atoms. The van der Waals surface area contributed by atoms with Crippen LogP contribution in [0.2, 0.25) is 0 Å². The fourth-order valence-electron chi connectivity index (χ4n) is 3.20. The number of nitrogens with zero attached hydrogens (tertiary/aromatic N) is 1. The van der Waals surface area contributed by atoms with Crippen molar-refractivity contribution in [3.63, 3.8) is 0 Å². The highest BCUT2D eigenvalue weighted by Crippen LogP contribution is 2.30. The van der Waals surface area contributed by atoms with Crippen LogP contribution >= 0.6 is 0 Å². The quantitative estimate of drug-likeness (QED) is 0.757. The minimum Gasteiger partial charge on any atom is -0.493 e. The van der Waals surface area contributed by atoms with Crippen LogP contribution in [0.15, 0.2) is 45.9 Å². The highest BCUT2D eigenvalue weighted by molar-refractivity contribution is 7.89. The molecule has 2 aromatic rings. The number of nitrogens with one attached hydrogen (secondary N) is 1. The second-order valence-corrected chi connectivity index (χ2v) is 7.91. The molecular formula is C18H24N2O5S. The highest BCUT2D eigenvalue weighted by Gasteiger charge is 2.27. The van der Waals surface area contributed by atoms with Gasteiger partial charge in [-0.1, -0.05) is 0 Å². The van der Waals surface area contributed by atoms with Crippen LogP contribution in [0.3, 0.4) is 0 Å². The molecule has 1 aromatic heterocycles. The molecule has 1 atom stereocenters. The Hall–Kier alpha value is -2.03. The summed E-state index contributed by atoms with van der Waals surface area (Å²) in [4.78, 5) is 2.38. The van der Waals surface area contributed by atoms with Gasteiger partial charge in [0, 0.05) is 12.6 Å².